The van der Waals surface area contributed by atoms with Gasteiger partial charge in [-0.15, -0.1) is 0 Å². The van der Waals surface area contributed by atoms with Crippen molar-refractivity contribution < 1.29 is 33.3 Å². The SMILES string of the molecule is COc1ccc(N2C(=O)C(N3C(=O)C4C5C=CC(C5)C4C3=O)C2c2ccc(OC)c(OC)c2)c(OC)c1. The first-order valence-electron chi connectivity index (χ1n) is 12.3. The van der Waals surface area contributed by atoms with Gasteiger partial charge in [-0.05, 0) is 48.1 Å². The lowest BCUT2D eigenvalue weighted by molar-refractivity contribution is -0.153. The maximum absolute atomic E-state index is 13.8. The number of imide groups is 1. The summed E-state index contributed by atoms with van der Waals surface area (Å²) in [6.45, 7) is 0. The summed E-state index contributed by atoms with van der Waals surface area (Å²) in [4.78, 5) is 43.9. The molecule has 0 radical (unpaired) electrons. The summed E-state index contributed by atoms with van der Waals surface area (Å²) >= 11 is 0. The van der Waals surface area contributed by atoms with E-state index in [1.807, 2.05) is 18.2 Å². The van der Waals surface area contributed by atoms with Crippen LogP contribution in [0.25, 0.3) is 0 Å². The van der Waals surface area contributed by atoms with Crippen LogP contribution in [-0.4, -0.2) is 57.1 Å². The van der Waals surface area contributed by atoms with Gasteiger partial charge < -0.3 is 18.9 Å². The Balaban J connectivity index is 1.44. The summed E-state index contributed by atoms with van der Waals surface area (Å²) in [5.41, 5.74) is 1.23. The molecule has 9 nitrogen and oxygen atoms in total. The molecule has 2 saturated heterocycles. The van der Waals surface area contributed by atoms with E-state index in [4.69, 9.17) is 18.9 Å². The number of hydrogen-bond acceptors (Lipinski definition) is 7. The monoisotopic (exact) mass is 504 g/mol. The number of carbonyl (C=O) groups excluding carboxylic acids is 3. The quantitative estimate of drug-likeness (QED) is 0.325. The van der Waals surface area contributed by atoms with Crippen molar-refractivity contribution in [3.8, 4) is 23.0 Å². The lowest BCUT2D eigenvalue weighted by Crippen LogP contribution is -2.67. The molecule has 2 aliphatic carbocycles. The zero-order chi connectivity index (χ0) is 26.0. The molecule has 2 aromatic carbocycles. The Bertz CT molecular complexity index is 1310. The van der Waals surface area contributed by atoms with Gasteiger partial charge in [-0.3, -0.25) is 24.2 Å². The molecule has 4 aliphatic rings. The highest BCUT2D eigenvalue weighted by atomic mass is 16.5. The highest BCUT2D eigenvalue weighted by Gasteiger charge is 2.65. The zero-order valence-corrected chi connectivity index (χ0v) is 21.0. The summed E-state index contributed by atoms with van der Waals surface area (Å²) in [7, 11) is 6.15. The van der Waals surface area contributed by atoms with Gasteiger partial charge in [-0.25, -0.2) is 0 Å². The number of rotatable bonds is 7. The lowest BCUT2D eigenvalue weighted by Gasteiger charge is -2.50. The molecule has 6 unspecified atom stereocenters. The Labute approximate surface area is 214 Å². The Kier molecular flexibility index (Phi) is 5.40. The first-order valence-corrected chi connectivity index (χ1v) is 12.3. The Morgan fingerprint density at radius 2 is 1.30 bits per heavy atom. The molecule has 3 amide bonds. The third-order valence-electron chi connectivity index (χ3n) is 8.25. The Morgan fingerprint density at radius 1 is 0.649 bits per heavy atom. The largest absolute Gasteiger partial charge is 0.497 e. The van der Waals surface area contributed by atoms with Gasteiger partial charge >= 0.3 is 0 Å². The van der Waals surface area contributed by atoms with Crippen molar-refractivity contribution in [2.24, 2.45) is 23.7 Å². The van der Waals surface area contributed by atoms with Gasteiger partial charge in [0.2, 0.25) is 11.8 Å². The van der Waals surface area contributed by atoms with Gasteiger partial charge in [0.25, 0.3) is 5.91 Å². The topological polar surface area (TPSA) is 94.6 Å². The van der Waals surface area contributed by atoms with E-state index in [1.54, 1.807) is 49.5 Å². The smallest absolute Gasteiger partial charge is 0.253 e. The standard InChI is InChI=1S/C28H28N2O7/c1-34-17-8-9-18(20(13-17)36-3)29-24(16-7-10-19(35-2)21(12-16)37-4)25(28(29)33)30-26(31)22-14-5-6-15(11-14)23(22)27(30)32/h5-10,12-15,22-25H,11H2,1-4H3. The van der Waals surface area contributed by atoms with E-state index in [0.29, 0.717) is 34.2 Å². The fourth-order valence-electron chi connectivity index (χ4n) is 6.55. The molecule has 0 N–H and O–H groups in total. The zero-order valence-electron chi connectivity index (χ0n) is 21.0. The van der Waals surface area contributed by atoms with Crippen LogP contribution in [-0.2, 0) is 14.4 Å². The molecule has 3 fully saturated rings. The molecule has 2 bridgehead atoms. The second-order valence-electron chi connectivity index (χ2n) is 9.80. The number of β-lactam (4-membered cyclic amide) rings is 1. The second-order valence-corrected chi connectivity index (χ2v) is 9.80. The van der Waals surface area contributed by atoms with Gasteiger partial charge in [0, 0.05) is 6.07 Å². The summed E-state index contributed by atoms with van der Waals surface area (Å²) < 4.78 is 21.8. The molecule has 2 aliphatic heterocycles. The summed E-state index contributed by atoms with van der Waals surface area (Å²) in [5, 5.41) is 0. The van der Waals surface area contributed by atoms with Crippen LogP contribution < -0.4 is 23.8 Å². The van der Waals surface area contributed by atoms with E-state index < -0.39 is 12.1 Å². The van der Waals surface area contributed by atoms with Gasteiger partial charge in [0.1, 0.15) is 17.5 Å². The molecular weight excluding hydrogens is 476 g/mol. The van der Waals surface area contributed by atoms with E-state index in [0.717, 1.165) is 6.42 Å². The van der Waals surface area contributed by atoms with Crippen LogP contribution in [0.2, 0.25) is 0 Å². The number of amides is 3. The fourth-order valence-corrected chi connectivity index (χ4v) is 6.55. The minimum Gasteiger partial charge on any atom is -0.497 e. The molecule has 1 saturated carbocycles. The van der Waals surface area contributed by atoms with E-state index in [-0.39, 0.29) is 41.4 Å². The molecule has 6 atom stereocenters. The number of ether oxygens (including phenoxy) is 4. The van der Waals surface area contributed by atoms with Crippen LogP contribution in [0, 0.1) is 23.7 Å². The number of allylic oxidation sites excluding steroid dienone is 2. The number of likely N-dealkylation sites (tertiary alicyclic amines) is 1. The number of anilines is 1. The Morgan fingerprint density at radius 3 is 1.89 bits per heavy atom. The lowest BCUT2D eigenvalue weighted by atomic mass is 9.85. The molecule has 2 aromatic rings. The van der Waals surface area contributed by atoms with Gasteiger partial charge in [0.05, 0.1) is 52.0 Å². The predicted molar refractivity (Wildman–Crippen MR) is 133 cm³/mol. The minimum absolute atomic E-state index is 0.0592. The number of hydrogen-bond donors (Lipinski definition) is 0. The summed E-state index contributed by atoms with van der Waals surface area (Å²) in [5.74, 6) is 0.540. The fraction of sp³-hybridized carbons (Fsp3) is 0.393. The van der Waals surface area contributed by atoms with Crippen molar-refractivity contribution in [1.29, 1.82) is 0 Å². The molecule has 0 aromatic heterocycles. The highest BCUT2D eigenvalue weighted by Crippen LogP contribution is 2.55. The minimum atomic E-state index is -0.963. The third kappa shape index (κ3) is 3.19. The first-order chi connectivity index (χ1) is 17.9. The van der Waals surface area contributed by atoms with Crippen molar-refractivity contribution in [3.05, 3.63) is 54.1 Å². The number of nitrogens with zero attached hydrogens (tertiary/aromatic N) is 2. The predicted octanol–water partition coefficient (Wildman–Crippen LogP) is 2.98. The normalized spacial score (nSPS) is 29.5. The van der Waals surface area contributed by atoms with E-state index >= 15 is 0 Å². The van der Waals surface area contributed by atoms with Crippen LogP contribution in [0.1, 0.15) is 18.0 Å². The Hall–Kier alpha value is -4.01. The average molecular weight is 505 g/mol. The summed E-state index contributed by atoms with van der Waals surface area (Å²) in [6, 6.07) is 8.94. The van der Waals surface area contributed by atoms with Crippen molar-refractivity contribution in [1.82, 2.24) is 4.90 Å². The average Bonchev–Trinajstić information content (AvgIpc) is 3.61. The maximum Gasteiger partial charge on any atom is 0.253 e. The van der Waals surface area contributed by atoms with Gasteiger partial charge in [0.15, 0.2) is 11.5 Å². The molecule has 2 heterocycles. The van der Waals surface area contributed by atoms with E-state index in [9.17, 15) is 14.4 Å². The molecule has 6 rings (SSSR count). The number of benzene rings is 2. The number of methoxy groups -OCH3 is 4. The van der Waals surface area contributed by atoms with Crippen LogP contribution in [0.15, 0.2) is 48.6 Å². The van der Waals surface area contributed by atoms with Crippen molar-refractivity contribution >= 4 is 23.4 Å². The van der Waals surface area contributed by atoms with Gasteiger partial charge in [-0.1, -0.05) is 18.2 Å². The highest BCUT2D eigenvalue weighted by molar-refractivity contribution is 6.15. The number of fused-ring (bicyclic) bond motifs is 5. The van der Waals surface area contributed by atoms with Crippen molar-refractivity contribution in [2.45, 2.75) is 18.5 Å². The third-order valence-corrected chi connectivity index (χ3v) is 8.25. The molecular formula is C28H28N2O7. The van der Waals surface area contributed by atoms with Crippen LogP contribution >= 0.6 is 0 Å². The second kappa shape index (κ2) is 8.54. The van der Waals surface area contributed by atoms with Crippen LogP contribution in [0.5, 0.6) is 23.0 Å². The molecule has 37 heavy (non-hydrogen) atoms. The molecule has 0 spiro atoms. The van der Waals surface area contributed by atoms with Gasteiger partial charge in [-0.2, -0.15) is 0 Å². The van der Waals surface area contributed by atoms with Crippen molar-refractivity contribution in [3.63, 3.8) is 0 Å². The van der Waals surface area contributed by atoms with E-state index in [2.05, 4.69) is 0 Å². The summed E-state index contributed by atoms with van der Waals surface area (Å²) in [6.07, 6.45) is 4.92. The molecule has 9 heteroatoms. The van der Waals surface area contributed by atoms with E-state index in [1.165, 1.54) is 19.1 Å². The van der Waals surface area contributed by atoms with Crippen LogP contribution in [0.3, 0.4) is 0 Å². The first kappa shape index (κ1) is 23.4. The molecule has 192 valence electrons. The van der Waals surface area contributed by atoms with Crippen LogP contribution in [0.4, 0.5) is 5.69 Å². The van der Waals surface area contributed by atoms with Crippen molar-refractivity contribution in [2.75, 3.05) is 33.3 Å². The maximum atomic E-state index is 13.8. The number of carbonyl (C=O) groups is 3.